The van der Waals surface area contributed by atoms with E-state index in [-0.39, 0.29) is 0 Å². The van der Waals surface area contributed by atoms with Crippen LogP contribution in [-0.2, 0) is 0 Å². The second-order valence-electron chi connectivity index (χ2n) is 6.72. The number of benzene rings is 3. The number of para-hydroxylation sites is 1. The lowest BCUT2D eigenvalue weighted by atomic mass is 10.1. The Morgan fingerprint density at radius 1 is 0.867 bits per heavy atom. The van der Waals surface area contributed by atoms with E-state index >= 15 is 0 Å². The second kappa shape index (κ2) is 7.89. The van der Waals surface area contributed by atoms with Crippen molar-refractivity contribution in [1.29, 1.82) is 0 Å². The zero-order valence-corrected chi connectivity index (χ0v) is 16.6. The smallest absolute Gasteiger partial charge is 0.244 e. The highest BCUT2D eigenvalue weighted by Crippen LogP contribution is 2.29. The number of hydrazone groups is 1. The Labute approximate surface area is 178 Å². The average Bonchev–Trinajstić information content (AvgIpc) is 2.79. The molecular weight excluding hydrogens is 394 g/mol. The van der Waals surface area contributed by atoms with Gasteiger partial charge in [-0.3, -0.25) is 4.98 Å². The van der Waals surface area contributed by atoms with Gasteiger partial charge in [0.1, 0.15) is 0 Å². The summed E-state index contributed by atoms with van der Waals surface area (Å²) in [5.41, 5.74) is 7.34. The van der Waals surface area contributed by atoms with Crippen molar-refractivity contribution in [3.63, 3.8) is 0 Å². The van der Waals surface area contributed by atoms with Crippen LogP contribution in [-0.4, -0.2) is 21.2 Å². The Kier molecular flexibility index (Phi) is 4.79. The maximum Gasteiger partial charge on any atom is 0.244 e. The van der Waals surface area contributed by atoms with Crippen molar-refractivity contribution in [2.75, 3.05) is 5.43 Å². The standard InChI is InChI=1S/C24H16ClN5/c25-19-11-12-21-20(14-19)23(17-6-2-1-3-7-17)29-24(28-21)30-27-15-18-9-4-8-16-10-5-13-26-22(16)18/h1-15H,(H,28,29,30). The summed E-state index contributed by atoms with van der Waals surface area (Å²) in [5, 5.41) is 6.95. The zero-order valence-electron chi connectivity index (χ0n) is 15.8. The van der Waals surface area contributed by atoms with Crippen LogP contribution in [0.25, 0.3) is 33.1 Å². The summed E-state index contributed by atoms with van der Waals surface area (Å²) in [6, 6.07) is 25.5. The van der Waals surface area contributed by atoms with Crippen LogP contribution in [0.3, 0.4) is 0 Å². The summed E-state index contributed by atoms with van der Waals surface area (Å²) in [4.78, 5) is 13.7. The maximum atomic E-state index is 6.22. The molecule has 3 aromatic carbocycles. The topological polar surface area (TPSA) is 63.1 Å². The highest BCUT2D eigenvalue weighted by molar-refractivity contribution is 6.31. The third kappa shape index (κ3) is 3.58. The fraction of sp³-hybridized carbons (Fsp3) is 0. The summed E-state index contributed by atoms with van der Waals surface area (Å²) in [7, 11) is 0. The summed E-state index contributed by atoms with van der Waals surface area (Å²) in [6.45, 7) is 0. The predicted octanol–water partition coefficient (Wildman–Crippen LogP) is 5.94. The second-order valence-corrected chi connectivity index (χ2v) is 7.15. The minimum atomic E-state index is 0.410. The lowest BCUT2D eigenvalue weighted by molar-refractivity contribution is 1.16. The zero-order chi connectivity index (χ0) is 20.3. The van der Waals surface area contributed by atoms with Crippen molar-refractivity contribution in [2.45, 2.75) is 0 Å². The molecule has 144 valence electrons. The van der Waals surface area contributed by atoms with Crippen LogP contribution in [0, 0.1) is 0 Å². The number of anilines is 1. The van der Waals surface area contributed by atoms with Crippen molar-refractivity contribution in [2.24, 2.45) is 5.10 Å². The van der Waals surface area contributed by atoms with E-state index < -0.39 is 0 Å². The number of nitrogens with zero attached hydrogens (tertiary/aromatic N) is 4. The van der Waals surface area contributed by atoms with Crippen LogP contribution in [0.4, 0.5) is 5.95 Å². The molecule has 0 bridgehead atoms. The monoisotopic (exact) mass is 409 g/mol. The number of nitrogens with one attached hydrogen (secondary N) is 1. The molecule has 0 atom stereocenters. The first-order chi connectivity index (χ1) is 14.8. The first-order valence-electron chi connectivity index (χ1n) is 9.43. The predicted molar refractivity (Wildman–Crippen MR) is 123 cm³/mol. The summed E-state index contributed by atoms with van der Waals surface area (Å²) in [5.74, 6) is 0.410. The van der Waals surface area contributed by atoms with Crippen LogP contribution >= 0.6 is 11.6 Å². The molecule has 6 heteroatoms. The van der Waals surface area contributed by atoms with Crippen molar-refractivity contribution in [1.82, 2.24) is 15.0 Å². The molecule has 0 aliphatic heterocycles. The van der Waals surface area contributed by atoms with E-state index in [0.717, 1.165) is 38.6 Å². The summed E-state index contributed by atoms with van der Waals surface area (Å²) in [6.07, 6.45) is 3.50. The molecule has 5 aromatic rings. The average molecular weight is 410 g/mol. The van der Waals surface area contributed by atoms with Gasteiger partial charge in [-0.05, 0) is 24.3 Å². The molecule has 2 heterocycles. The summed E-state index contributed by atoms with van der Waals surface area (Å²) >= 11 is 6.22. The Morgan fingerprint density at radius 3 is 2.63 bits per heavy atom. The summed E-state index contributed by atoms with van der Waals surface area (Å²) < 4.78 is 0. The van der Waals surface area contributed by atoms with Crippen LogP contribution in [0.2, 0.25) is 5.02 Å². The van der Waals surface area contributed by atoms with Gasteiger partial charge in [-0.1, -0.05) is 66.2 Å². The van der Waals surface area contributed by atoms with E-state index in [1.165, 1.54) is 0 Å². The van der Waals surface area contributed by atoms with Gasteiger partial charge in [0.15, 0.2) is 0 Å². The number of halogens is 1. The molecular formula is C24H16ClN5. The minimum absolute atomic E-state index is 0.410. The normalized spacial score (nSPS) is 11.4. The number of hydrogen-bond donors (Lipinski definition) is 1. The van der Waals surface area contributed by atoms with Crippen molar-refractivity contribution in [3.8, 4) is 11.3 Å². The number of rotatable bonds is 4. The van der Waals surface area contributed by atoms with Crippen LogP contribution in [0.1, 0.15) is 5.56 Å². The Hall–Kier alpha value is -3.83. The van der Waals surface area contributed by atoms with Crippen LogP contribution in [0.15, 0.2) is 90.2 Å². The lowest BCUT2D eigenvalue weighted by Crippen LogP contribution is -2.00. The van der Waals surface area contributed by atoms with E-state index in [9.17, 15) is 0 Å². The lowest BCUT2D eigenvalue weighted by Gasteiger charge is -2.09. The number of pyridine rings is 1. The van der Waals surface area contributed by atoms with Gasteiger partial charge >= 0.3 is 0 Å². The van der Waals surface area contributed by atoms with Crippen LogP contribution in [0.5, 0.6) is 0 Å². The third-order valence-electron chi connectivity index (χ3n) is 4.74. The quantitative estimate of drug-likeness (QED) is 0.294. The molecule has 0 fully saturated rings. The molecule has 0 spiro atoms. The molecule has 5 nitrogen and oxygen atoms in total. The fourth-order valence-corrected chi connectivity index (χ4v) is 3.53. The van der Waals surface area contributed by atoms with E-state index in [2.05, 4.69) is 20.5 Å². The molecule has 1 N–H and O–H groups in total. The Balaban J connectivity index is 1.53. The molecule has 0 aliphatic rings. The van der Waals surface area contributed by atoms with Crippen molar-refractivity contribution in [3.05, 3.63) is 95.6 Å². The van der Waals surface area contributed by atoms with Crippen molar-refractivity contribution >= 4 is 45.6 Å². The third-order valence-corrected chi connectivity index (χ3v) is 4.97. The highest BCUT2D eigenvalue weighted by atomic mass is 35.5. The van der Waals surface area contributed by atoms with Gasteiger partial charge in [-0.15, -0.1) is 0 Å². The van der Waals surface area contributed by atoms with Crippen molar-refractivity contribution < 1.29 is 0 Å². The molecule has 0 saturated heterocycles. The molecule has 2 aromatic heterocycles. The van der Waals surface area contributed by atoms with Crippen LogP contribution < -0.4 is 5.43 Å². The maximum absolute atomic E-state index is 6.22. The first kappa shape index (κ1) is 18.2. The largest absolute Gasteiger partial charge is 0.256 e. The van der Waals surface area contributed by atoms with Gasteiger partial charge in [0.2, 0.25) is 5.95 Å². The van der Waals surface area contributed by atoms with Gasteiger partial charge in [-0.2, -0.15) is 5.10 Å². The molecule has 0 unspecified atom stereocenters. The SMILES string of the molecule is Clc1ccc2nc(NN=Cc3cccc4cccnc34)nc(-c3ccccc3)c2c1. The number of aromatic nitrogens is 3. The molecule has 0 saturated carbocycles. The van der Waals surface area contributed by atoms with E-state index in [0.29, 0.717) is 11.0 Å². The Bertz CT molecular complexity index is 1380. The number of hydrogen-bond acceptors (Lipinski definition) is 5. The van der Waals surface area contributed by atoms with E-state index in [1.807, 2.05) is 78.9 Å². The molecule has 0 radical (unpaired) electrons. The van der Waals surface area contributed by atoms with Gasteiger partial charge in [0.05, 0.1) is 22.9 Å². The molecule has 0 amide bonds. The minimum Gasteiger partial charge on any atom is -0.256 e. The van der Waals surface area contributed by atoms with Gasteiger partial charge in [-0.25, -0.2) is 15.4 Å². The van der Waals surface area contributed by atoms with Gasteiger partial charge < -0.3 is 0 Å². The Morgan fingerprint density at radius 2 is 1.73 bits per heavy atom. The van der Waals surface area contributed by atoms with Gasteiger partial charge in [0, 0.05) is 33.1 Å². The fourth-order valence-electron chi connectivity index (χ4n) is 3.36. The highest BCUT2D eigenvalue weighted by Gasteiger charge is 2.10. The van der Waals surface area contributed by atoms with E-state index in [1.54, 1.807) is 12.4 Å². The number of fused-ring (bicyclic) bond motifs is 2. The van der Waals surface area contributed by atoms with E-state index in [4.69, 9.17) is 16.6 Å². The molecule has 0 aliphatic carbocycles. The first-order valence-corrected chi connectivity index (χ1v) is 9.81. The molecule has 30 heavy (non-hydrogen) atoms. The molecule has 5 rings (SSSR count). The van der Waals surface area contributed by atoms with Gasteiger partial charge in [0.25, 0.3) is 0 Å².